The first kappa shape index (κ1) is 13.0. The molecule has 2 aromatic heterocycles. The van der Waals surface area contributed by atoms with Gasteiger partial charge in [0.1, 0.15) is 17.6 Å². The lowest BCUT2D eigenvalue weighted by Gasteiger charge is -2.06. The summed E-state index contributed by atoms with van der Waals surface area (Å²) in [6.45, 7) is 4.85. The summed E-state index contributed by atoms with van der Waals surface area (Å²) < 4.78 is 7.26. The maximum atomic E-state index is 6.00. The van der Waals surface area contributed by atoms with E-state index in [2.05, 4.69) is 15.0 Å². The Morgan fingerprint density at radius 1 is 1.39 bits per heavy atom. The molecule has 0 atom stereocenters. The van der Waals surface area contributed by atoms with Crippen molar-refractivity contribution in [3.05, 3.63) is 29.1 Å². The second kappa shape index (κ2) is 5.46. The summed E-state index contributed by atoms with van der Waals surface area (Å²) in [6, 6.07) is 1.73. The van der Waals surface area contributed by atoms with E-state index in [4.69, 9.17) is 16.3 Å². The molecule has 0 fully saturated rings. The molecule has 0 spiro atoms. The molecule has 0 aromatic carbocycles. The fourth-order valence-electron chi connectivity index (χ4n) is 1.59. The van der Waals surface area contributed by atoms with Crippen molar-refractivity contribution in [2.45, 2.75) is 20.5 Å². The van der Waals surface area contributed by atoms with Crippen molar-refractivity contribution in [3.8, 4) is 11.4 Å². The lowest BCUT2D eigenvalue weighted by Crippen LogP contribution is -2.02. The van der Waals surface area contributed by atoms with Gasteiger partial charge in [0.15, 0.2) is 5.82 Å². The first-order valence-corrected chi connectivity index (χ1v) is 6.09. The Bertz CT molecular complexity index is 553. The zero-order valence-corrected chi connectivity index (χ0v) is 11.4. The Hall–Kier alpha value is -1.46. The number of ether oxygens (including phenoxy) is 1. The number of hydrogen-bond donors (Lipinski definition) is 0. The summed E-state index contributed by atoms with van der Waals surface area (Å²) in [6.07, 6.45) is 1.78. The lowest BCUT2D eigenvalue weighted by atomic mass is 10.3. The molecule has 0 amide bonds. The number of imidazole rings is 1. The van der Waals surface area contributed by atoms with Crippen LogP contribution in [0, 0.1) is 6.92 Å². The van der Waals surface area contributed by atoms with Gasteiger partial charge in [-0.15, -0.1) is 0 Å². The van der Waals surface area contributed by atoms with Crippen molar-refractivity contribution < 1.29 is 4.74 Å². The smallest absolute Gasteiger partial charge is 0.156 e. The van der Waals surface area contributed by atoms with Gasteiger partial charge in [0.05, 0.1) is 17.6 Å². The summed E-state index contributed by atoms with van der Waals surface area (Å²) in [7, 11) is 1.94. The highest BCUT2D eigenvalue weighted by Crippen LogP contribution is 2.20. The minimum absolute atomic E-state index is 0.362. The third-order valence-electron chi connectivity index (χ3n) is 2.66. The minimum atomic E-state index is 0.362. The molecule has 0 radical (unpaired) electrons. The van der Waals surface area contributed by atoms with Crippen molar-refractivity contribution in [1.82, 2.24) is 19.5 Å². The second-order valence-corrected chi connectivity index (χ2v) is 4.27. The van der Waals surface area contributed by atoms with Crippen LogP contribution in [0.2, 0.25) is 5.15 Å². The van der Waals surface area contributed by atoms with Crippen molar-refractivity contribution in [2.24, 2.45) is 7.05 Å². The van der Waals surface area contributed by atoms with Gasteiger partial charge in [-0.25, -0.2) is 15.0 Å². The largest absolute Gasteiger partial charge is 0.374 e. The van der Waals surface area contributed by atoms with Gasteiger partial charge >= 0.3 is 0 Å². The Balaban J connectivity index is 2.38. The van der Waals surface area contributed by atoms with Crippen LogP contribution in [0.1, 0.15) is 18.6 Å². The molecule has 0 saturated carbocycles. The number of aromatic nitrogens is 4. The maximum Gasteiger partial charge on any atom is 0.156 e. The Morgan fingerprint density at radius 3 is 2.78 bits per heavy atom. The highest BCUT2D eigenvalue weighted by Gasteiger charge is 2.10. The van der Waals surface area contributed by atoms with Crippen LogP contribution in [-0.4, -0.2) is 26.1 Å². The van der Waals surface area contributed by atoms with Gasteiger partial charge < -0.3 is 9.30 Å². The third kappa shape index (κ3) is 2.68. The van der Waals surface area contributed by atoms with Gasteiger partial charge in [0, 0.05) is 19.7 Å². The molecule has 2 heterocycles. The standard InChI is InChI=1S/C12H15ClN4O/c1-4-18-7-12-15-9(5-11(13)16-12)10-6-14-8(2)17(10)3/h5-6H,4,7H2,1-3H3. The summed E-state index contributed by atoms with van der Waals surface area (Å²) in [5.41, 5.74) is 1.67. The molecule has 0 saturated heterocycles. The second-order valence-electron chi connectivity index (χ2n) is 3.88. The SMILES string of the molecule is CCOCc1nc(Cl)cc(-c2cnc(C)n2C)n1. The molecule has 2 rings (SSSR count). The number of halogens is 1. The predicted octanol–water partition coefficient (Wildman–Crippen LogP) is 2.38. The van der Waals surface area contributed by atoms with Crippen LogP contribution < -0.4 is 0 Å². The molecular weight excluding hydrogens is 252 g/mol. The molecule has 0 aliphatic heterocycles. The molecule has 2 aromatic rings. The van der Waals surface area contributed by atoms with E-state index < -0.39 is 0 Å². The van der Waals surface area contributed by atoms with Gasteiger partial charge in [0.25, 0.3) is 0 Å². The fraction of sp³-hybridized carbons (Fsp3) is 0.417. The van der Waals surface area contributed by atoms with E-state index in [-0.39, 0.29) is 0 Å². The van der Waals surface area contributed by atoms with Crippen LogP contribution in [0.15, 0.2) is 12.3 Å². The van der Waals surface area contributed by atoms with Crippen LogP contribution >= 0.6 is 11.6 Å². The van der Waals surface area contributed by atoms with E-state index in [0.29, 0.717) is 24.2 Å². The topological polar surface area (TPSA) is 52.8 Å². The zero-order valence-electron chi connectivity index (χ0n) is 10.6. The van der Waals surface area contributed by atoms with Gasteiger partial charge in [0.2, 0.25) is 0 Å². The Labute approximate surface area is 111 Å². The number of nitrogens with zero attached hydrogens (tertiary/aromatic N) is 4. The van der Waals surface area contributed by atoms with Crippen LogP contribution in [0.5, 0.6) is 0 Å². The summed E-state index contributed by atoms with van der Waals surface area (Å²) >= 11 is 6.00. The van der Waals surface area contributed by atoms with E-state index in [1.54, 1.807) is 12.3 Å². The molecule has 18 heavy (non-hydrogen) atoms. The van der Waals surface area contributed by atoms with Crippen molar-refractivity contribution in [2.75, 3.05) is 6.61 Å². The fourth-order valence-corrected chi connectivity index (χ4v) is 1.79. The Kier molecular flexibility index (Phi) is 3.93. The predicted molar refractivity (Wildman–Crippen MR) is 69.3 cm³/mol. The summed E-state index contributed by atoms with van der Waals surface area (Å²) in [5, 5.41) is 0.411. The molecule has 0 aliphatic carbocycles. The Morgan fingerprint density at radius 2 is 2.17 bits per heavy atom. The summed E-state index contributed by atoms with van der Waals surface area (Å²) in [5.74, 6) is 1.50. The summed E-state index contributed by atoms with van der Waals surface area (Å²) in [4.78, 5) is 12.8. The quantitative estimate of drug-likeness (QED) is 0.798. The average Bonchev–Trinajstić information content (AvgIpc) is 2.67. The van der Waals surface area contributed by atoms with Gasteiger partial charge in [-0.1, -0.05) is 11.6 Å². The maximum absolute atomic E-state index is 6.00. The van der Waals surface area contributed by atoms with E-state index >= 15 is 0 Å². The molecule has 96 valence electrons. The number of rotatable bonds is 4. The average molecular weight is 267 g/mol. The molecule has 0 N–H and O–H groups in total. The molecular formula is C12H15ClN4O. The molecule has 0 bridgehead atoms. The van der Waals surface area contributed by atoms with Gasteiger partial charge in [-0.05, 0) is 13.8 Å². The van der Waals surface area contributed by atoms with Crippen LogP contribution in [0.3, 0.4) is 0 Å². The van der Waals surface area contributed by atoms with Crippen LogP contribution in [-0.2, 0) is 18.4 Å². The number of hydrogen-bond acceptors (Lipinski definition) is 4. The van der Waals surface area contributed by atoms with Crippen LogP contribution in [0.25, 0.3) is 11.4 Å². The zero-order chi connectivity index (χ0) is 13.1. The van der Waals surface area contributed by atoms with Crippen molar-refractivity contribution >= 4 is 11.6 Å². The molecule has 6 heteroatoms. The van der Waals surface area contributed by atoms with E-state index in [9.17, 15) is 0 Å². The highest BCUT2D eigenvalue weighted by molar-refractivity contribution is 6.29. The molecule has 0 aliphatic rings. The molecule has 5 nitrogen and oxygen atoms in total. The third-order valence-corrected chi connectivity index (χ3v) is 2.85. The van der Waals surface area contributed by atoms with Gasteiger partial charge in [-0.3, -0.25) is 0 Å². The van der Waals surface area contributed by atoms with Gasteiger partial charge in [-0.2, -0.15) is 0 Å². The monoisotopic (exact) mass is 266 g/mol. The number of aryl methyl sites for hydroxylation is 1. The first-order valence-electron chi connectivity index (χ1n) is 5.71. The van der Waals surface area contributed by atoms with Crippen molar-refractivity contribution in [1.29, 1.82) is 0 Å². The first-order chi connectivity index (χ1) is 8.61. The van der Waals surface area contributed by atoms with E-state index in [1.165, 1.54) is 0 Å². The van der Waals surface area contributed by atoms with E-state index in [0.717, 1.165) is 17.2 Å². The minimum Gasteiger partial charge on any atom is -0.374 e. The van der Waals surface area contributed by atoms with Crippen molar-refractivity contribution in [3.63, 3.8) is 0 Å². The molecule has 0 unspecified atom stereocenters. The highest BCUT2D eigenvalue weighted by atomic mass is 35.5. The van der Waals surface area contributed by atoms with E-state index in [1.807, 2.05) is 25.5 Å². The van der Waals surface area contributed by atoms with Crippen LogP contribution in [0.4, 0.5) is 0 Å². The lowest BCUT2D eigenvalue weighted by molar-refractivity contribution is 0.128. The normalized spacial score (nSPS) is 10.9.